The van der Waals surface area contributed by atoms with E-state index >= 15 is 0 Å². The number of carbonyl (C=O) groups excluding carboxylic acids is 5. The largest absolute Gasteiger partial charge is 0.471 e. The molecule has 0 unspecified atom stereocenters. The molecule has 5 amide bonds. The molecule has 1 fully saturated rings. The van der Waals surface area contributed by atoms with Gasteiger partial charge in [-0.25, -0.2) is 9.40 Å². The standard InChI is InChI=1S/C21H32ClF4N5O5/c1-10(2)8-12(28-17(34)13(20(3,4)5)29-19(36)21(24,25)26)16(33)30-31(18(35)14(22)23)9-11-6-7-27-15(11)32/h10-14H,6-9H2,1-5H3,(H,27,32)(H,28,34)(H,29,36)(H,30,33)/t11-,12-,13+,14-/m0/s1. The average Bonchev–Trinajstić information content (AvgIpc) is 3.12. The Labute approximate surface area is 211 Å². The molecule has 206 valence electrons. The zero-order valence-corrected chi connectivity index (χ0v) is 21.3. The Kier molecular flexibility index (Phi) is 10.9. The van der Waals surface area contributed by atoms with Gasteiger partial charge in [-0.15, -0.1) is 0 Å². The summed E-state index contributed by atoms with van der Waals surface area (Å²) in [6, 6.07) is -3.06. The summed E-state index contributed by atoms with van der Waals surface area (Å²) in [7, 11) is 0. The van der Waals surface area contributed by atoms with Crippen molar-refractivity contribution in [1.29, 1.82) is 0 Å². The molecule has 0 aromatic carbocycles. The predicted molar refractivity (Wildman–Crippen MR) is 121 cm³/mol. The normalized spacial score (nSPS) is 18.6. The summed E-state index contributed by atoms with van der Waals surface area (Å²) in [5, 5.41) is 7.03. The number of hydrogen-bond acceptors (Lipinski definition) is 5. The lowest BCUT2D eigenvalue weighted by Gasteiger charge is -2.33. The van der Waals surface area contributed by atoms with Gasteiger partial charge >= 0.3 is 12.1 Å². The number of nitrogens with zero attached hydrogens (tertiary/aromatic N) is 1. The maximum Gasteiger partial charge on any atom is 0.471 e. The van der Waals surface area contributed by atoms with Crippen LogP contribution in [0.1, 0.15) is 47.5 Å². The van der Waals surface area contributed by atoms with E-state index in [0.29, 0.717) is 18.0 Å². The van der Waals surface area contributed by atoms with Crippen LogP contribution in [0, 0.1) is 17.3 Å². The van der Waals surface area contributed by atoms with E-state index in [1.807, 2.05) is 0 Å². The summed E-state index contributed by atoms with van der Waals surface area (Å²) in [6.07, 6.45) is -4.94. The zero-order valence-electron chi connectivity index (χ0n) is 20.6. The van der Waals surface area contributed by atoms with E-state index in [4.69, 9.17) is 11.6 Å². The van der Waals surface area contributed by atoms with Gasteiger partial charge < -0.3 is 16.0 Å². The van der Waals surface area contributed by atoms with E-state index in [-0.39, 0.29) is 12.3 Å². The Morgan fingerprint density at radius 2 is 1.69 bits per heavy atom. The Morgan fingerprint density at radius 3 is 2.11 bits per heavy atom. The molecule has 0 aliphatic carbocycles. The van der Waals surface area contributed by atoms with Crippen molar-refractivity contribution in [1.82, 2.24) is 26.4 Å². The highest BCUT2D eigenvalue weighted by Crippen LogP contribution is 2.23. The van der Waals surface area contributed by atoms with Crippen LogP contribution in [-0.2, 0) is 24.0 Å². The van der Waals surface area contributed by atoms with Gasteiger partial charge in [-0.2, -0.15) is 13.2 Å². The third kappa shape index (κ3) is 9.43. The molecule has 0 aromatic heterocycles. The van der Waals surface area contributed by atoms with Gasteiger partial charge in [-0.05, 0) is 24.2 Å². The van der Waals surface area contributed by atoms with Crippen LogP contribution in [0.2, 0.25) is 0 Å². The van der Waals surface area contributed by atoms with E-state index in [9.17, 15) is 41.5 Å². The fourth-order valence-corrected chi connectivity index (χ4v) is 3.52. The summed E-state index contributed by atoms with van der Waals surface area (Å²) in [4.78, 5) is 61.5. The van der Waals surface area contributed by atoms with Crippen LogP contribution in [0.3, 0.4) is 0 Å². The average molecular weight is 546 g/mol. The summed E-state index contributed by atoms with van der Waals surface area (Å²) < 4.78 is 51.9. The molecule has 0 radical (unpaired) electrons. The molecule has 0 saturated carbocycles. The van der Waals surface area contributed by atoms with Gasteiger partial charge in [-0.1, -0.05) is 46.2 Å². The van der Waals surface area contributed by atoms with Crippen molar-refractivity contribution in [2.45, 2.75) is 71.4 Å². The van der Waals surface area contributed by atoms with E-state index < -0.39 is 71.3 Å². The molecule has 0 spiro atoms. The van der Waals surface area contributed by atoms with Crippen LogP contribution in [0.5, 0.6) is 0 Å². The van der Waals surface area contributed by atoms with Gasteiger partial charge in [0.15, 0.2) is 0 Å². The quantitative estimate of drug-likeness (QED) is 0.196. The second-order valence-electron chi connectivity index (χ2n) is 9.96. The summed E-state index contributed by atoms with van der Waals surface area (Å²) in [6.45, 7) is 7.57. The van der Waals surface area contributed by atoms with Crippen molar-refractivity contribution in [2.24, 2.45) is 17.3 Å². The van der Waals surface area contributed by atoms with Crippen molar-refractivity contribution in [2.75, 3.05) is 13.1 Å². The maximum atomic E-state index is 13.6. The van der Waals surface area contributed by atoms with Gasteiger partial charge in [0.1, 0.15) is 12.1 Å². The minimum absolute atomic E-state index is 0.0203. The van der Waals surface area contributed by atoms with Gasteiger partial charge in [0.2, 0.25) is 11.8 Å². The molecule has 0 aromatic rings. The van der Waals surface area contributed by atoms with Gasteiger partial charge in [0.05, 0.1) is 12.5 Å². The first-order chi connectivity index (χ1) is 16.3. The van der Waals surface area contributed by atoms with Crippen LogP contribution in [-0.4, -0.2) is 71.5 Å². The molecule has 4 atom stereocenters. The summed E-state index contributed by atoms with van der Waals surface area (Å²) >= 11 is 5.24. The molecule has 10 nitrogen and oxygen atoms in total. The molecular formula is C21H32ClF4N5O5. The minimum Gasteiger partial charge on any atom is -0.356 e. The van der Waals surface area contributed by atoms with E-state index in [2.05, 4.69) is 16.1 Å². The molecule has 36 heavy (non-hydrogen) atoms. The maximum absolute atomic E-state index is 13.6. The number of alkyl halides is 5. The smallest absolute Gasteiger partial charge is 0.356 e. The molecule has 4 N–H and O–H groups in total. The summed E-state index contributed by atoms with van der Waals surface area (Å²) in [5.41, 5.74) is -1.55. The van der Waals surface area contributed by atoms with Crippen LogP contribution in [0.4, 0.5) is 17.6 Å². The molecular weight excluding hydrogens is 514 g/mol. The van der Waals surface area contributed by atoms with Crippen LogP contribution >= 0.6 is 11.6 Å². The number of rotatable bonds is 9. The van der Waals surface area contributed by atoms with Crippen molar-refractivity contribution in [3.05, 3.63) is 0 Å². The topological polar surface area (TPSA) is 137 Å². The van der Waals surface area contributed by atoms with Gasteiger partial charge in [0, 0.05) is 6.54 Å². The Morgan fingerprint density at radius 1 is 1.11 bits per heavy atom. The highest BCUT2D eigenvalue weighted by Gasteiger charge is 2.44. The highest BCUT2D eigenvalue weighted by molar-refractivity contribution is 6.29. The van der Waals surface area contributed by atoms with Crippen molar-refractivity contribution in [3.8, 4) is 0 Å². The fourth-order valence-electron chi connectivity index (χ4n) is 3.41. The molecule has 1 saturated heterocycles. The van der Waals surface area contributed by atoms with E-state index in [0.717, 1.165) is 0 Å². The van der Waals surface area contributed by atoms with Crippen molar-refractivity contribution >= 4 is 41.1 Å². The van der Waals surface area contributed by atoms with Gasteiger partial charge in [-0.3, -0.25) is 29.4 Å². The second-order valence-corrected chi connectivity index (χ2v) is 10.3. The molecule has 1 heterocycles. The third-order valence-corrected chi connectivity index (χ3v) is 5.45. The summed E-state index contributed by atoms with van der Waals surface area (Å²) in [5.74, 6) is -7.11. The molecule has 15 heteroatoms. The molecule has 0 bridgehead atoms. The zero-order chi connectivity index (χ0) is 28.0. The highest BCUT2D eigenvalue weighted by atomic mass is 35.5. The van der Waals surface area contributed by atoms with Crippen LogP contribution in [0.15, 0.2) is 0 Å². The van der Waals surface area contributed by atoms with Crippen molar-refractivity contribution < 1.29 is 41.5 Å². The third-order valence-electron chi connectivity index (χ3n) is 5.26. The lowest BCUT2D eigenvalue weighted by atomic mass is 9.85. The lowest BCUT2D eigenvalue weighted by molar-refractivity contribution is -0.175. The first-order valence-electron chi connectivity index (χ1n) is 11.2. The Balaban J connectivity index is 3.13. The van der Waals surface area contributed by atoms with Crippen LogP contribution < -0.4 is 21.4 Å². The first kappa shape index (κ1) is 31.4. The molecule has 1 aliphatic rings. The molecule has 1 aliphatic heterocycles. The van der Waals surface area contributed by atoms with E-state index in [1.165, 1.54) is 20.8 Å². The first-order valence-corrected chi connectivity index (χ1v) is 11.6. The number of nitrogens with one attached hydrogen (secondary N) is 4. The monoisotopic (exact) mass is 545 g/mol. The lowest BCUT2D eigenvalue weighted by Crippen LogP contribution is -2.61. The number of carbonyl (C=O) groups is 5. The second kappa shape index (κ2) is 12.5. The number of halogens is 5. The van der Waals surface area contributed by atoms with E-state index in [1.54, 1.807) is 19.2 Å². The van der Waals surface area contributed by atoms with Crippen molar-refractivity contribution in [3.63, 3.8) is 0 Å². The predicted octanol–water partition coefficient (Wildman–Crippen LogP) is 1.14. The number of amides is 5. The number of hydrogen-bond donors (Lipinski definition) is 4. The SMILES string of the molecule is CC(C)C[C@H](NC(=O)[C@@H](NC(=O)C(F)(F)F)C(C)(C)C)C(=O)NN(C[C@@H]1CCNC1=O)C(=O)[C@H](F)Cl. The van der Waals surface area contributed by atoms with Crippen LogP contribution in [0.25, 0.3) is 0 Å². The van der Waals surface area contributed by atoms with Gasteiger partial charge in [0.25, 0.3) is 17.4 Å². The molecule has 1 rings (SSSR count). The minimum atomic E-state index is -5.24. The number of hydrazine groups is 1. The Bertz CT molecular complexity index is 848. The Hall–Kier alpha value is -2.64. The fraction of sp³-hybridized carbons (Fsp3) is 0.762.